The van der Waals surface area contributed by atoms with Gasteiger partial charge in [0.2, 0.25) is 0 Å². The molecule has 0 amide bonds. The SMILES string of the molecule is CC(O)CN(C)c1ccc(N)c(C(=O)O)c1. The monoisotopic (exact) mass is 224 g/mol. The van der Waals surface area contributed by atoms with E-state index in [1.54, 1.807) is 31.0 Å². The van der Waals surface area contributed by atoms with Gasteiger partial charge in [0, 0.05) is 25.0 Å². The third-order valence-electron chi connectivity index (χ3n) is 2.25. The number of anilines is 2. The summed E-state index contributed by atoms with van der Waals surface area (Å²) in [7, 11) is 1.78. The molecule has 1 aromatic carbocycles. The lowest BCUT2D eigenvalue weighted by molar-refractivity contribution is 0.0698. The summed E-state index contributed by atoms with van der Waals surface area (Å²) in [5.41, 5.74) is 6.57. The van der Waals surface area contributed by atoms with Gasteiger partial charge >= 0.3 is 5.97 Å². The summed E-state index contributed by atoms with van der Waals surface area (Å²) in [5.74, 6) is -1.05. The van der Waals surface area contributed by atoms with E-state index in [2.05, 4.69) is 0 Å². The molecule has 1 aromatic rings. The van der Waals surface area contributed by atoms with Crippen LogP contribution in [-0.4, -0.2) is 35.9 Å². The third-order valence-corrected chi connectivity index (χ3v) is 2.25. The Morgan fingerprint density at radius 3 is 2.69 bits per heavy atom. The smallest absolute Gasteiger partial charge is 0.337 e. The maximum absolute atomic E-state index is 10.9. The average molecular weight is 224 g/mol. The molecular formula is C11H16N2O3. The maximum atomic E-state index is 10.9. The minimum Gasteiger partial charge on any atom is -0.478 e. The number of nitrogens with two attached hydrogens (primary N) is 1. The van der Waals surface area contributed by atoms with Gasteiger partial charge < -0.3 is 20.8 Å². The molecule has 1 atom stereocenters. The van der Waals surface area contributed by atoms with Crippen molar-refractivity contribution in [3.63, 3.8) is 0 Å². The molecule has 16 heavy (non-hydrogen) atoms. The van der Waals surface area contributed by atoms with E-state index in [9.17, 15) is 9.90 Å². The molecular weight excluding hydrogens is 208 g/mol. The molecule has 1 rings (SSSR count). The van der Waals surface area contributed by atoms with Gasteiger partial charge in [-0.1, -0.05) is 0 Å². The van der Waals surface area contributed by atoms with Crippen LogP contribution in [0.15, 0.2) is 18.2 Å². The molecule has 0 aliphatic carbocycles. The van der Waals surface area contributed by atoms with Crippen molar-refractivity contribution < 1.29 is 15.0 Å². The Hall–Kier alpha value is -1.75. The van der Waals surface area contributed by atoms with Crippen LogP contribution in [0.5, 0.6) is 0 Å². The van der Waals surface area contributed by atoms with E-state index < -0.39 is 12.1 Å². The number of rotatable bonds is 4. The number of carboxylic acid groups (broad SMARTS) is 1. The maximum Gasteiger partial charge on any atom is 0.337 e. The van der Waals surface area contributed by atoms with E-state index in [-0.39, 0.29) is 11.3 Å². The van der Waals surface area contributed by atoms with Crippen LogP contribution in [-0.2, 0) is 0 Å². The standard InChI is InChI=1S/C11H16N2O3/c1-7(14)6-13(2)8-3-4-10(12)9(5-8)11(15)16/h3-5,7,14H,6,12H2,1-2H3,(H,15,16). The van der Waals surface area contributed by atoms with Crippen LogP contribution in [0.4, 0.5) is 11.4 Å². The molecule has 0 saturated heterocycles. The minimum atomic E-state index is -1.05. The van der Waals surface area contributed by atoms with Crippen LogP contribution >= 0.6 is 0 Å². The Morgan fingerprint density at radius 2 is 2.19 bits per heavy atom. The fourth-order valence-corrected chi connectivity index (χ4v) is 1.47. The van der Waals surface area contributed by atoms with Crippen LogP contribution in [0.25, 0.3) is 0 Å². The van der Waals surface area contributed by atoms with Crippen molar-refractivity contribution in [2.45, 2.75) is 13.0 Å². The summed E-state index contributed by atoms with van der Waals surface area (Å²) in [6, 6.07) is 4.78. The highest BCUT2D eigenvalue weighted by molar-refractivity contribution is 5.94. The van der Waals surface area contributed by atoms with Gasteiger partial charge in [-0.2, -0.15) is 0 Å². The summed E-state index contributed by atoms with van der Waals surface area (Å²) in [4.78, 5) is 12.6. The Kier molecular flexibility index (Phi) is 3.73. The first kappa shape index (κ1) is 12.3. The zero-order valence-corrected chi connectivity index (χ0v) is 9.34. The largest absolute Gasteiger partial charge is 0.478 e. The number of hydrogen-bond acceptors (Lipinski definition) is 4. The third kappa shape index (κ3) is 2.87. The van der Waals surface area contributed by atoms with Gasteiger partial charge in [0.15, 0.2) is 0 Å². The lowest BCUT2D eigenvalue weighted by Gasteiger charge is -2.21. The van der Waals surface area contributed by atoms with Crippen molar-refractivity contribution in [1.29, 1.82) is 0 Å². The van der Waals surface area contributed by atoms with Crippen LogP contribution in [0.3, 0.4) is 0 Å². The fourth-order valence-electron chi connectivity index (χ4n) is 1.47. The second-order valence-electron chi connectivity index (χ2n) is 3.81. The Labute approximate surface area is 94.1 Å². The number of benzene rings is 1. The van der Waals surface area contributed by atoms with Crippen molar-refractivity contribution in [2.75, 3.05) is 24.2 Å². The molecule has 0 aliphatic heterocycles. The van der Waals surface area contributed by atoms with Crippen LogP contribution in [0, 0.1) is 0 Å². The Morgan fingerprint density at radius 1 is 1.56 bits per heavy atom. The van der Waals surface area contributed by atoms with Gasteiger partial charge in [-0.25, -0.2) is 4.79 Å². The lowest BCUT2D eigenvalue weighted by Crippen LogP contribution is -2.27. The topological polar surface area (TPSA) is 86.8 Å². The Balaban J connectivity index is 2.98. The molecule has 0 radical (unpaired) electrons. The van der Waals surface area contributed by atoms with Gasteiger partial charge in [0.25, 0.3) is 0 Å². The quantitative estimate of drug-likeness (QED) is 0.658. The van der Waals surface area contributed by atoms with Crippen molar-refractivity contribution in [2.24, 2.45) is 0 Å². The number of aliphatic hydroxyl groups is 1. The summed E-state index contributed by atoms with van der Waals surface area (Å²) < 4.78 is 0. The lowest BCUT2D eigenvalue weighted by atomic mass is 10.1. The molecule has 0 saturated carbocycles. The van der Waals surface area contributed by atoms with E-state index in [1.807, 2.05) is 0 Å². The van der Waals surface area contributed by atoms with E-state index in [1.165, 1.54) is 6.07 Å². The summed E-state index contributed by atoms with van der Waals surface area (Å²) in [6.07, 6.45) is -0.476. The van der Waals surface area contributed by atoms with Crippen molar-refractivity contribution >= 4 is 17.3 Å². The van der Waals surface area contributed by atoms with Gasteiger partial charge in [0.1, 0.15) is 0 Å². The fraction of sp³-hybridized carbons (Fsp3) is 0.364. The first-order chi connectivity index (χ1) is 7.41. The Bertz CT molecular complexity index is 391. The molecule has 0 heterocycles. The second kappa shape index (κ2) is 4.85. The molecule has 88 valence electrons. The molecule has 4 N–H and O–H groups in total. The molecule has 0 aliphatic rings. The first-order valence-corrected chi connectivity index (χ1v) is 4.94. The zero-order valence-electron chi connectivity index (χ0n) is 9.34. The molecule has 0 spiro atoms. The van der Waals surface area contributed by atoms with E-state index in [0.29, 0.717) is 12.2 Å². The number of nitrogens with zero attached hydrogens (tertiary/aromatic N) is 1. The summed E-state index contributed by atoms with van der Waals surface area (Å²) >= 11 is 0. The zero-order chi connectivity index (χ0) is 12.3. The average Bonchev–Trinajstić information content (AvgIpc) is 2.16. The van der Waals surface area contributed by atoms with E-state index in [4.69, 9.17) is 10.8 Å². The molecule has 0 bridgehead atoms. The van der Waals surface area contributed by atoms with Crippen LogP contribution in [0.2, 0.25) is 0 Å². The number of carboxylic acids is 1. The predicted molar refractivity (Wildman–Crippen MR) is 62.8 cm³/mol. The summed E-state index contributed by atoms with van der Waals surface area (Å²) in [5, 5.41) is 18.1. The van der Waals surface area contributed by atoms with Gasteiger partial charge in [-0.3, -0.25) is 0 Å². The molecule has 0 aromatic heterocycles. The summed E-state index contributed by atoms with van der Waals surface area (Å²) in [6.45, 7) is 2.11. The molecule has 5 heteroatoms. The van der Waals surface area contributed by atoms with Crippen molar-refractivity contribution in [3.05, 3.63) is 23.8 Å². The predicted octanol–water partition coefficient (Wildman–Crippen LogP) is 0.784. The highest BCUT2D eigenvalue weighted by Crippen LogP contribution is 2.20. The number of aliphatic hydroxyl groups excluding tert-OH is 1. The van der Waals surface area contributed by atoms with Gasteiger partial charge in [-0.05, 0) is 25.1 Å². The number of carbonyl (C=O) groups is 1. The van der Waals surface area contributed by atoms with Crippen molar-refractivity contribution in [3.8, 4) is 0 Å². The van der Waals surface area contributed by atoms with Crippen LogP contribution < -0.4 is 10.6 Å². The van der Waals surface area contributed by atoms with E-state index in [0.717, 1.165) is 0 Å². The highest BCUT2D eigenvalue weighted by atomic mass is 16.4. The minimum absolute atomic E-state index is 0.0787. The number of hydrogen-bond donors (Lipinski definition) is 3. The molecule has 0 fully saturated rings. The van der Waals surface area contributed by atoms with Crippen molar-refractivity contribution in [1.82, 2.24) is 0 Å². The number of likely N-dealkylation sites (N-methyl/N-ethyl adjacent to an activating group) is 1. The van der Waals surface area contributed by atoms with Gasteiger partial charge in [-0.15, -0.1) is 0 Å². The molecule has 1 unspecified atom stereocenters. The van der Waals surface area contributed by atoms with E-state index >= 15 is 0 Å². The number of aromatic carboxylic acids is 1. The van der Waals surface area contributed by atoms with Crippen LogP contribution in [0.1, 0.15) is 17.3 Å². The van der Waals surface area contributed by atoms with Gasteiger partial charge in [0.05, 0.1) is 11.7 Å². The molecule has 5 nitrogen and oxygen atoms in total. The second-order valence-corrected chi connectivity index (χ2v) is 3.81. The first-order valence-electron chi connectivity index (χ1n) is 4.94. The highest BCUT2D eigenvalue weighted by Gasteiger charge is 2.11. The number of nitrogen functional groups attached to an aromatic ring is 1. The normalized spacial score (nSPS) is 12.2.